The van der Waals surface area contributed by atoms with Crippen LogP contribution < -0.4 is 15.2 Å². The number of carbonyl (C=O) groups excluding carboxylic acids is 3. The maximum atomic E-state index is 12.7. The maximum absolute atomic E-state index is 12.7. The van der Waals surface area contributed by atoms with Crippen LogP contribution in [0.15, 0.2) is 18.2 Å². The van der Waals surface area contributed by atoms with E-state index in [0.29, 0.717) is 5.56 Å². The van der Waals surface area contributed by atoms with Crippen molar-refractivity contribution in [3.05, 3.63) is 23.8 Å². The third-order valence-corrected chi connectivity index (χ3v) is 6.60. The van der Waals surface area contributed by atoms with Gasteiger partial charge >= 0.3 is 24.1 Å². The fourth-order valence-corrected chi connectivity index (χ4v) is 3.75. The SMILES string of the molecule is CCC(C)CC(=O)Oc1ccc(C(C(C)COC(=O)OCC(C)(C)C)[C@H](N)C(=O)O)cc1OC(=O)CC(C)CC. The summed E-state index contributed by atoms with van der Waals surface area (Å²) in [4.78, 5) is 49.2. The Morgan fingerprint density at radius 1 is 0.875 bits per heavy atom. The largest absolute Gasteiger partial charge is 0.508 e. The van der Waals surface area contributed by atoms with Crippen LogP contribution in [0, 0.1) is 23.2 Å². The minimum absolute atomic E-state index is 0.0106. The topological polar surface area (TPSA) is 151 Å². The Morgan fingerprint density at radius 2 is 1.40 bits per heavy atom. The highest BCUT2D eigenvalue weighted by Crippen LogP contribution is 2.36. The lowest BCUT2D eigenvalue weighted by Crippen LogP contribution is -2.40. The van der Waals surface area contributed by atoms with Gasteiger partial charge in [0.2, 0.25) is 0 Å². The van der Waals surface area contributed by atoms with Crippen molar-refractivity contribution in [2.75, 3.05) is 13.2 Å². The summed E-state index contributed by atoms with van der Waals surface area (Å²) in [5.74, 6) is -3.42. The van der Waals surface area contributed by atoms with Gasteiger partial charge in [0.15, 0.2) is 11.5 Å². The highest BCUT2D eigenvalue weighted by Gasteiger charge is 2.33. The molecule has 1 aromatic carbocycles. The number of benzene rings is 1. The van der Waals surface area contributed by atoms with E-state index in [-0.39, 0.29) is 54.8 Å². The molecular weight excluding hydrogens is 518 g/mol. The van der Waals surface area contributed by atoms with Crippen molar-refractivity contribution < 1.29 is 43.2 Å². The van der Waals surface area contributed by atoms with E-state index in [1.165, 1.54) is 12.1 Å². The number of hydrogen-bond donors (Lipinski definition) is 2. The van der Waals surface area contributed by atoms with E-state index < -0.39 is 41.9 Å². The molecule has 10 nitrogen and oxygen atoms in total. The second-order valence-corrected chi connectivity index (χ2v) is 11.9. The number of carboxylic acid groups (broad SMARTS) is 1. The minimum Gasteiger partial charge on any atom is -0.480 e. The number of nitrogens with two attached hydrogens (primary N) is 1. The lowest BCUT2D eigenvalue weighted by Gasteiger charge is -2.28. The third-order valence-electron chi connectivity index (χ3n) is 6.60. The molecule has 40 heavy (non-hydrogen) atoms. The summed E-state index contributed by atoms with van der Waals surface area (Å²) in [7, 11) is 0. The van der Waals surface area contributed by atoms with E-state index >= 15 is 0 Å². The van der Waals surface area contributed by atoms with Gasteiger partial charge in [0.1, 0.15) is 6.04 Å². The van der Waals surface area contributed by atoms with Crippen molar-refractivity contribution in [3.8, 4) is 11.5 Å². The molecule has 0 radical (unpaired) electrons. The van der Waals surface area contributed by atoms with Crippen molar-refractivity contribution >= 4 is 24.1 Å². The molecule has 226 valence electrons. The molecule has 0 aliphatic rings. The van der Waals surface area contributed by atoms with Crippen LogP contribution in [0.4, 0.5) is 4.79 Å². The molecule has 0 saturated heterocycles. The van der Waals surface area contributed by atoms with E-state index in [4.69, 9.17) is 24.7 Å². The van der Waals surface area contributed by atoms with Crippen LogP contribution in [0.1, 0.15) is 92.6 Å². The molecule has 0 saturated carbocycles. The lowest BCUT2D eigenvalue weighted by atomic mass is 9.82. The molecule has 0 amide bonds. The van der Waals surface area contributed by atoms with Crippen molar-refractivity contribution in [1.29, 1.82) is 0 Å². The number of carbonyl (C=O) groups is 4. The lowest BCUT2D eigenvalue weighted by molar-refractivity contribution is -0.139. The number of ether oxygens (including phenoxy) is 4. The predicted molar refractivity (Wildman–Crippen MR) is 150 cm³/mol. The molecule has 5 atom stereocenters. The Bertz CT molecular complexity index is 1000. The second-order valence-electron chi connectivity index (χ2n) is 11.9. The summed E-state index contributed by atoms with van der Waals surface area (Å²) in [6.07, 6.45) is 1.04. The zero-order valence-electron chi connectivity index (χ0n) is 25.2. The van der Waals surface area contributed by atoms with E-state index in [9.17, 15) is 24.3 Å². The van der Waals surface area contributed by atoms with Gasteiger partial charge in [-0.2, -0.15) is 0 Å². The molecule has 0 aliphatic carbocycles. The second kappa shape index (κ2) is 16.2. The molecule has 0 aromatic heterocycles. The molecule has 0 spiro atoms. The molecule has 0 fully saturated rings. The van der Waals surface area contributed by atoms with Crippen LogP contribution in [0.2, 0.25) is 0 Å². The summed E-state index contributed by atoms with van der Waals surface area (Å²) in [6, 6.07) is 3.12. The van der Waals surface area contributed by atoms with Gasteiger partial charge in [-0.3, -0.25) is 14.4 Å². The van der Waals surface area contributed by atoms with Gasteiger partial charge in [0.05, 0.1) is 13.2 Å². The summed E-state index contributed by atoms with van der Waals surface area (Å²) in [6.45, 7) is 15.2. The van der Waals surface area contributed by atoms with Gasteiger partial charge in [-0.25, -0.2) is 4.79 Å². The number of rotatable bonds is 15. The fraction of sp³-hybridized carbons (Fsp3) is 0.667. The standard InChI is InChI=1S/C30H47NO9/c1-9-18(3)13-24(32)39-22-12-11-21(15-23(22)40-25(33)14-19(4)10-2)26(27(31)28(34)35)20(5)16-37-29(36)38-17-30(6,7)8/h11-12,15,18-20,26-27H,9-10,13-14,16-17,31H2,1-8H3,(H,34,35)/t18?,19?,20?,26?,27-/m0/s1. The van der Waals surface area contributed by atoms with Crippen LogP contribution in [-0.2, 0) is 23.9 Å². The highest BCUT2D eigenvalue weighted by atomic mass is 16.7. The van der Waals surface area contributed by atoms with E-state index in [1.807, 2.05) is 48.5 Å². The number of carboxylic acids is 1. The zero-order valence-corrected chi connectivity index (χ0v) is 25.2. The zero-order chi connectivity index (χ0) is 30.6. The smallest absolute Gasteiger partial charge is 0.480 e. The van der Waals surface area contributed by atoms with Crippen molar-refractivity contribution in [1.82, 2.24) is 0 Å². The van der Waals surface area contributed by atoms with Crippen molar-refractivity contribution in [2.45, 2.75) is 93.0 Å². The Labute approximate surface area is 237 Å². The first kappa shape index (κ1) is 34.9. The average molecular weight is 566 g/mol. The Kier molecular flexibility index (Phi) is 14.1. The predicted octanol–water partition coefficient (Wildman–Crippen LogP) is 5.70. The van der Waals surface area contributed by atoms with E-state index in [0.717, 1.165) is 12.8 Å². The maximum Gasteiger partial charge on any atom is 0.508 e. The van der Waals surface area contributed by atoms with Crippen molar-refractivity contribution in [3.63, 3.8) is 0 Å². The van der Waals surface area contributed by atoms with Gasteiger partial charge in [-0.15, -0.1) is 0 Å². The molecular formula is C30H47NO9. The molecule has 1 aromatic rings. The van der Waals surface area contributed by atoms with Gasteiger partial charge < -0.3 is 29.8 Å². The highest BCUT2D eigenvalue weighted by molar-refractivity contribution is 5.77. The number of esters is 2. The van der Waals surface area contributed by atoms with Crippen LogP contribution in [0.3, 0.4) is 0 Å². The van der Waals surface area contributed by atoms with Crippen LogP contribution in [0.25, 0.3) is 0 Å². The Morgan fingerprint density at radius 3 is 1.88 bits per heavy atom. The molecule has 1 rings (SSSR count). The van der Waals surface area contributed by atoms with Crippen LogP contribution in [-0.4, -0.2) is 48.4 Å². The Hall–Kier alpha value is -3.14. The minimum atomic E-state index is -1.37. The Balaban J connectivity index is 3.31. The average Bonchev–Trinajstić information content (AvgIpc) is 2.86. The molecule has 3 N–H and O–H groups in total. The summed E-state index contributed by atoms with van der Waals surface area (Å²) < 4.78 is 21.5. The summed E-state index contributed by atoms with van der Waals surface area (Å²) in [5.41, 5.74) is 6.25. The van der Waals surface area contributed by atoms with Gasteiger partial charge in [-0.1, -0.05) is 74.3 Å². The van der Waals surface area contributed by atoms with Gasteiger partial charge in [0, 0.05) is 18.8 Å². The fourth-order valence-electron chi connectivity index (χ4n) is 3.75. The normalized spacial score (nSPS) is 15.2. The summed E-state index contributed by atoms with van der Waals surface area (Å²) in [5, 5.41) is 9.72. The van der Waals surface area contributed by atoms with E-state index in [1.54, 1.807) is 13.0 Å². The molecule has 0 heterocycles. The van der Waals surface area contributed by atoms with E-state index in [2.05, 4.69) is 0 Å². The molecule has 0 aliphatic heterocycles. The first-order valence-corrected chi connectivity index (χ1v) is 13.9. The number of hydrogen-bond acceptors (Lipinski definition) is 9. The number of aliphatic carboxylic acids is 1. The molecule has 0 bridgehead atoms. The first-order valence-electron chi connectivity index (χ1n) is 13.9. The van der Waals surface area contributed by atoms with Gasteiger partial charge in [-0.05, 0) is 40.9 Å². The third kappa shape index (κ3) is 12.4. The van der Waals surface area contributed by atoms with Crippen molar-refractivity contribution in [2.24, 2.45) is 28.9 Å². The first-order chi connectivity index (χ1) is 18.6. The molecule has 10 heteroatoms. The quantitative estimate of drug-likeness (QED) is 0.200. The van der Waals surface area contributed by atoms with Crippen LogP contribution >= 0.6 is 0 Å². The monoisotopic (exact) mass is 565 g/mol. The van der Waals surface area contributed by atoms with Gasteiger partial charge in [0.25, 0.3) is 0 Å². The van der Waals surface area contributed by atoms with Crippen LogP contribution in [0.5, 0.6) is 11.5 Å². The molecule has 4 unspecified atom stereocenters. The summed E-state index contributed by atoms with van der Waals surface area (Å²) >= 11 is 0.